The lowest BCUT2D eigenvalue weighted by Gasteiger charge is -2.22. The van der Waals surface area contributed by atoms with Crippen LogP contribution in [-0.2, 0) is 38.7 Å². The van der Waals surface area contributed by atoms with Gasteiger partial charge in [-0.1, -0.05) is 24.3 Å². The number of hydrogen-bond acceptors (Lipinski definition) is 10. The summed E-state index contributed by atoms with van der Waals surface area (Å²) in [7, 11) is 7.64. The van der Waals surface area contributed by atoms with Crippen LogP contribution >= 0.6 is 0 Å². The van der Waals surface area contributed by atoms with E-state index >= 15 is 0 Å². The van der Waals surface area contributed by atoms with Crippen LogP contribution in [0.2, 0.25) is 0 Å². The molecule has 0 saturated carbocycles. The average Bonchev–Trinajstić information content (AvgIpc) is 4.01. The highest BCUT2D eigenvalue weighted by molar-refractivity contribution is 6.09. The molecule has 68 heavy (non-hydrogen) atoms. The third-order valence-electron chi connectivity index (χ3n) is 12.9. The lowest BCUT2D eigenvalue weighted by molar-refractivity contribution is -0.255. The monoisotopic (exact) mass is 928 g/mol. The number of fused-ring (bicyclic) bond motifs is 3. The first kappa shape index (κ1) is 46.8. The molecule has 4 heterocycles. The Hall–Kier alpha value is -7.68. The number of anilines is 1. The number of rotatable bonds is 13. The first-order valence-electron chi connectivity index (χ1n) is 22.3. The van der Waals surface area contributed by atoms with Crippen LogP contribution in [0, 0.1) is 17.2 Å². The van der Waals surface area contributed by atoms with Crippen molar-refractivity contribution < 1.29 is 47.1 Å². The summed E-state index contributed by atoms with van der Waals surface area (Å²) in [6.07, 6.45) is -0.524. The SMILES string of the molecule is CN(C)c1ccc2c(-c3ccc(C(=O)NCCNC(=O)CCc4cccc5c4CN(C(=O)C[C@@H]4C[C@@H](C(=O)N6CC(F)(F)C[C@H]6C#N)NC4=O)C5)cc3C(=O)[O-])c3ccc(=[N+](C)C)cc-3oc2c1. The first-order valence-corrected chi connectivity index (χ1v) is 22.3. The molecule has 0 spiro atoms. The molecule has 16 nitrogen and oxygen atoms in total. The molecule has 5 aliphatic rings. The summed E-state index contributed by atoms with van der Waals surface area (Å²) in [6, 6.07) is 20.7. The van der Waals surface area contributed by atoms with Crippen LogP contribution in [0.4, 0.5) is 14.5 Å². The van der Waals surface area contributed by atoms with Gasteiger partial charge in [-0.2, -0.15) is 5.26 Å². The largest absolute Gasteiger partial charge is 0.545 e. The highest BCUT2D eigenvalue weighted by Crippen LogP contribution is 2.42. The highest BCUT2D eigenvalue weighted by atomic mass is 19.3. The second-order valence-electron chi connectivity index (χ2n) is 18.0. The Morgan fingerprint density at radius 1 is 0.985 bits per heavy atom. The summed E-state index contributed by atoms with van der Waals surface area (Å²) in [5, 5.41) is 31.6. The summed E-state index contributed by atoms with van der Waals surface area (Å²) in [4.78, 5) is 82.6. The van der Waals surface area contributed by atoms with E-state index in [-0.39, 0.29) is 68.4 Å². The predicted octanol–water partition coefficient (Wildman–Crippen LogP) is 2.64. The number of nitrogens with zero attached hydrogens (tertiary/aromatic N) is 5. The van der Waals surface area contributed by atoms with Crippen LogP contribution in [-0.4, -0.2) is 111 Å². The zero-order valence-corrected chi connectivity index (χ0v) is 38.0. The molecule has 352 valence electrons. The molecule has 0 aromatic heterocycles. The molecule has 3 aromatic carbocycles. The minimum atomic E-state index is -3.20. The van der Waals surface area contributed by atoms with Crippen molar-refractivity contribution in [2.45, 2.75) is 63.2 Å². The smallest absolute Gasteiger partial charge is 0.268 e. The van der Waals surface area contributed by atoms with E-state index in [1.165, 1.54) is 6.07 Å². The van der Waals surface area contributed by atoms with Crippen molar-refractivity contribution in [1.29, 1.82) is 5.26 Å². The van der Waals surface area contributed by atoms with Crippen molar-refractivity contribution in [2.24, 2.45) is 5.92 Å². The van der Waals surface area contributed by atoms with E-state index in [2.05, 4.69) is 16.0 Å². The van der Waals surface area contributed by atoms with E-state index < -0.39 is 60.6 Å². The maximum atomic E-state index is 14.0. The third-order valence-corrected chi connectivity index (χ3v) is 12.9. The van der Waals surface area contributed by atoms with Gasteiger partial charge in [0.05, 0.1) is 24.6 Å². The van der Waals surface area contributed by atoms with Crippen molar-refractivity contribution in [3.8, 4) is 28.5 Å². The Labute approximate surface area is 390 Å². The molecule has 1 aliphatic carbocycles. The van der Waals surface area contributed by atoms with Crippen LogP contribution in [0.25, 0.3) is 33.4 Å². The molecule has 0 bridgehead atoms. The van der Waals surface area contributed by atoms with Gasteiger partial charge in [-0.05, 0) is 65.4 Å². The third kappa shape index (κ3) is 9.59. The van der Waals surface area contributed by atoms with Gasteiger partial charge in [0.2, 0.25) is 29.0 Å². The van der Waals surface area contributed by atoms with Crippen molar-refractivity contribution in [3.63, 3.8) is 0 Å². The number of carbonyl (C=O) groups is 6. The van der Waals surface area contributed by atoms with Crippen LogP contribution < -0.4 is 35.9 Å². The van der Waals surface area contributed by atoms with Gasteiger partial charge in [-0.15, -0.1) is 0 Å². The summed E-state index contributed by atoms with van der Waals surface area (Å²) in [5.41, 5.74) is 5.67. The Balaban J connectivity index is 0.847. The van der Waals surface area contributed by atoms with E-state index in [9.17, 15) is 47.9 Å². The fraction of sp³-hybridized carbons (Fsp3) is 0.360. The second kappa shape index (κ2) is 18.9. The zero-order valence-electron chi connectivity index (χ0n) is 38.0. The van der Waals surface area contributed by atoms with Crippen molar-refractivity contribution in [3.05, 3.63) is 106 Å². The van der Waals surface area contributed by atoms with Crippen molar-refractivity contribution in [2.75, 3.05) is 52.7 Å². The van der Waals surface area contributed by atoms with Crippen LogP contribution in [0.3, 0.4) is 0 Å². The van der Waals surface area contributed by atoms with Gasteiger partial charge in [0.15, 0.2) is 0 Å². The summed E-state index contributed by atoms with van der Waals surface area (Å²) < 4.78 is 36.3. The number of nitrogens with one attached hydrogen (secondary N) is 3. The molecule has 0 radical (unpaired) electrons. The molecule has 0 unspecified atom stereocenters. The van der Waals surface area contributed by atoms with Gasteiger partial charge in [-0.3, -0.25) is 24.0 Å². The number of benzene rings is 4. The Bertz CT molecular complexity index is 2980. The fourth-order valence-electron chi connectivity index (χ4n) is 9.29. The number of amides is 5. The summed E-state index contributed by atoms with van der Waals surface area (Å²) in [6.45, 7) is -0.193. The van der Waals surface area contributed by atoms with Crippen LogP contribution in [0.1, 0.15) is 63.1 Å². The number of carboxylic acids is 1. The average molecular weight is 929 g/mol. The highest BCUT2D eigenvalue weighted by Gasteiger charge is 2.50. The molecule has 8 rings (SSSR count). The molecule has 5 amide bonds. The molecule has 3 N–H and O–H groups in total. The van der Waals surface area contributed by atoms with Gasteiger partial charge in [0.25, 0.3) is 11.8 Å². The topological polar surface area (TPSA) is 211 Å². The summed E-state index contributed by atoms with van der Waals surface area (Å²) in [5.74, 6) is -7.37. The zero-order chi connectivity index (χ0) is 48.6. The number of carboxylic acid groups (broad SMARTS) is 1. The van der Waals surface area contributed by atoms with Crippen molar-refractivity contribution in [1.82, 2.24) is 30.3 Å². The molecular weight excluding hydrogens is 879 g/mol. The maximum Gasteiger partial charge on any atom is 0.268 e. The second-order valence-corrected chi connectivity index (χ2v) is 18.0. The fourth-order valence-corrected chi connectivity index (χ4v) is 9.29. The number of likely N-dealkylation sites (tertiary alicyclic amines) is 1. The lowest BCUT2D eigenvalue weighted by atomic mass is 9.89. The molecular formula is C50H50F2N8O8. The number of nitriles is 1. The normalized spacial score (nSPS) is 18.2. The number of aromatic carboxylic acids is 1. The molecule has 3 atom stereocenters. The van der Waals surface area contributed by atoms with Crippen LogP contribution in [0.15, 0.2) is 77.2 Å². The van der Waals surface area contributed by atoms with E-state index in [4.69, 9.17) is 4.42 Å². The number of aryl methyl sites for hydroxylation is 1. The van der Waals surface area contributed by atoms with Gasteiger partial charge < -0.3 is 45.0 Å². The van der Waals surface area contributed by atoms with Crippen molar-refractivity contribution >= 4 is 52.2 Å². The Morgan fingerprint density at radius 3 is 2.49 bits per heavy atom. The first-order chi connectivity index (χ1) is 32.4. The Kier molecular flexibility index (Phi) is 13.0. The number of alkyl halides is 2. The molecule has 4 aliphatic heterocycles. The molecule has 2 saturated heterocycles. The van der Waals surface area contributed by atoms with E-state index in [1.807, 2.05) is 92.3 Å². The van der Waals surface area contributed by atoms with E-state index in [0.29, 0.717) is 39.8 Å². The molecule has 2 fully saturated rings. The van der Waals surface area contributed by atoms with Crippen LogP contribution in [0.5, 0.6) is 0 Å². The van der Waals surface area contributed by atoms with E-state index in [0.717, 1.165) is 32.6 Å². The number of hydrogen-bond donors (Lipinski definition) is 3. The maximum absolute atomic E-state index is 14.0. The predicted molar refractivity (Wildman–Crippen MR) is 244 cm³/mol. The molecule has 3 aromatic rings. The minimum absolute atomic E-state index is 0.0521. The van der Waals surface area contributed by atoms with Gasteiger partial charge in [0.1, 0.15) is 37.5 Å². The van der Waals surface area contributed by atoms with Gasteiger partial charge in [-0.25, -0.2) is 13.4 Å². The molecule has 18 heteroatoms. The lowest BCUT2D eigenvalue weighted by Crippen LogP contribution is -2.46. The number of carbonyl (C=O) groups excluding carboxylic acids is 6. The number of halogens is 2. The standard InChI is InChI=1S/C50H50F2N8O8/c1-57(2)32-10-13-36-41(21-32)68-42-22-33(58(3)4)11-14-37(42)45(36)35-12-8-29(18-38(35)49(66)67)46(63)55-17-16-54-43(61)15-9-28-6-5-7-30-25-59(26-39(28)30)44(62)20-31-19-40(56-47(31)64)48(65)60-27-50(51,52)23-34(60)24-53/h5-8,10-14,18,21-22,31,34,40H,9,15-17,19-20,23,25-27H2,1-4H3,(H3-,54,55,56,61,63,64,66,67)/t31-,34-,40-/m0/s1. The summed E-state index contributed by atoms with van der Waals surface area (Å²) >= 11 is 0. The minimum Gasteiger partial charge on any atom is -0.545 e. The van der Waals surface area contributed by atoms with E-state index in [1.54, 1.807) is 23.1 Å². The Morgan fingerprint density at radius 2 is 1.75 bits per heavy atom. The van der Waals surface area contributed by atoms with Gasteiger partial charge >= 0.3 is 0 Å². The quantitative estimate of drug-likeness (QED) is 0.0893. The van der Waals surface area contributed by atoms with Gasteiger partial charge in [0, 0.05) is 111 Å².